The van der Waals surface area contributed by atoms with Crippen LogP contribution in [-0.4, -0.2) is 19.5 Å². The fourth-order valence-electron chi connectivity index (χ4n) is 9.65. The molecule has 8 aromatic carbocycles. The highest BCUT2D eigenvalue weighted by Gasteiger charge is 2.52. The molecule has 2 aliphatic rings. The van der Waals surface area contributed by atoms with Crippen LogP contribution in [0.3, 0.4) is 0 Å². The number of aromatic nitrogens is 4. The molecule has 0 aliphatic heterocycles. The molecular weight excluding hydrogens is 681 g/mol. The molecule has 56 heavy (non-hydrogen) atoms. The van der Waals surface area contributed by atoms with Crippen LogP contribution in [0, 0.1) is 0 Å². The minimum Gasteiger partial charge on any atom is -0.309 e. The van der Waals surface area contributed by atoms with E-state index in [1.807, 2.05) is 18.2 Å². The quantitative estimate of drug-likeness (QED) is 0.182. The number of benzene rings is 8. The molecule has 260 valence electrons. The van der Waals surface area contributed by atoms with Gasteiger partial charge in [-0.05, 0) is 80.9 Å². The van der Waals surface area contributed by atoms with Crippen molar-refractivity contribution < 1.29 is 0 Å². The fraction of sp³-hybridized carbons (Fsp3) is 0.0192. The fourth-order valence-corrected chi connectivity index (χ4v) is 9.65. The molecule has 0 fully saturated rings. The Kier molecular flexibility index (Phi) is 6.52. The summed E-state index contributed by atoms with van der Waals surface area (Å²) < 4.78 is 2.34. The molecule has 0 bridgehead atoms. The van der Waals surface area contributed by atoms with Crippen LogP contribution >= 0.6 is 0 Å². The van der Waals surface area contributed by atoms with Crippen molar-refractivity contribution in [3.63, 3.8) is 0 Å². The highest BCUT2D eigenvalue weighted by molar-refractivity contribution is 6.10. The predicted octanol–water partition coefficient (Wildman–Crippen LogP) is 12.3. The standard InChI is InChI=1S/C52H32N4/c1-3-16-33(17-4-1)49-53-50(34-30-31-47-42(32-34)39-23-10-14-29-46(39)56(47)35-18-5-2-6-19-35)55-51(54-49)41-25-15-24-40-38-22-9-13-28-45(38)52(48(40)41)43-26-11-7-20-36(43)37-21-8-12-27-44(37)52/h1-32H. The minimum atomic E-state index is -0.534. The van der Waals surface area contributed by atoms with Gasteiger partial charge in [0.25, 0.3) is 0 Å². The summed E-state index contributed by atoms with van der Waals surface area (Å²) in [6, 6.07) is 69.5. The SMILES string of the molecule is c1ccc(-c2nc(-c3ccc4c(c3)c3ccccc3n4-c3ccccc3)nc(-c3cccc4c3C3(c5ccccc5-c5ccccc53)c3ccccc3-4)n2)cc1. The maximum absolute atomic E-state index is 5.43. The second-order valence-electron chi connectivity index (χ2n) is 14.7. The summed E-state index contributed by atoms with van der Waals surface area (Å²) in [4.78, 5) is 16.0. The van der Waals surface area contributed by atoms with Crippen LogP contribution in [0.2, 0.25) is 0 Å². The van der Waals surface area contributed by atoms with E-state index in [9.17, 15) is 0 Å². The van der Waals surface area contributed by atoms with Gasteiger partial charge in [0.2, 0.25) is 0 Å². The van der Waals surface area contributed by atoms with Crippen molar-refractivity contribution in [1.29, 1.82) is 0 Å². The van der Waals surface area contributed by atoms with Crippen LogP contribution in [0.4, 0.5) is 0 Å². The Morgan fingerprint density at radius 1 is 0.339 bits per heavy atom. The average molecular weight is 713 g/mol. The van der Waals surface area contributed by atoms with Gasteiger partial charge in [0.05, 0.1) is 16.4 Å². The van der Waals surface area contributed by atoms with Gasteiger partial charge in [0.1, 0.15) is 0 Å². The van der Waals surface area contributed by atoms with Gasteiger partial charge in [-0.3, -0.25) is 0 Å². The lowest BCUT2D eigenvalue weighted by atomic mass is 9.69. The van der Waals surface area contributed by atoms with Crippen LogP contribution in [-0.2, 0) is 5.41 Å². The van der Waals surface area contributed by atoms with E-state index in [2.05, 4.69) is 180 Å². The third-order valence-electron chi connectivity index (χ3n) is 11.9. The zero-order valence-corrected chi connectivity index (χ0v) is 30.3. The van der Waals surface area contributed by atoms with E-state index in [0.717, 1.165) is 38.8 Å². The predicted molar refractivity (Wildman–Crippen MR) is 227 cm³/mol. The van der Waals surface area contributed by atoms with E-state index in [-0.39, 0.29) is 0 Å². The third kappa shape index (κ3) is 4.21. The molecule has 0 unspecified atom stereocenters. The maximum atomic E-state index is 5.43. The van der Waals surface area contributed by atoms with Crippen LogP contribution in [0.25, 0.3) is 83.9 Å². The van der Waals surface area contributed by atoms with Gasteiger partial charge >= 0.3 is 0 Å². The summed E-state index contributed by atoms with van der Waals surface area (Å²) in [5.74, 6) is 1.94. The third-order valence-corrected chi connectivity index (χ3v) is 11.9. The number of nitrogens with zero attached hydrogens (tertiary/aromatic N) is 4. The molecule has 0 N–H and O–H groups in total. The van der Waals surface area contributed by atoms with Crippen molar-refractivity contribution in [2.24, 2.45) is 0 Å². The Hall–Kier alpha value is -7.43. The molecule has 0 saturated heterocycles. The highest BCUT2D eigenvalue weighted by atomic mass is 15.0. The van der Waals surface area contributed by atoms with Gasteiger partial charge < -0.3 is 4.57 Å². The van der Waals surface area contributed by atoms with Crippen LogP contribution in [0.1, 0.15) is 22.3 Å². The first-order valence-corrected chi connectivity index (χ1v) is 19.1. The van der Waals surface area contributed by atoms with E-state index < -0.39 is 5.41 Å². The van der Waals surface area contributed by atoms with Crippen LogP contribution < -0.4 is 0 Å². The first-order chi connectivity index (χ1) is 27.8. The molecule has 0 atom stereocenters. The van der Waals surface area contributed by atoms with Gasteiger partial charge in [-0.15, -0.1) is 0 Å². The average Bonchev–Trinajstić information content (AvgIpc) is 3.88. The molecular formula is C52H32N4. The molecule has 0 amide bonds. The molecule has 1 spiro atoms. The lowest BCUT2D eigenvalue weighted by Gasteiger charge is -2.31. The number of hydrogen-bond donors (Lipinski definition) is 0. The Morgan fingerprint density at radius 2 is 0.839 bits per heavy atom. The normalized spacial score (nSPS) is 13.1. The summed E-state index contributed by atoms with van der Waals surface area (Å²) in [6.07, 6.45) is 0. The number of fused-ring (bicyclic) bond motifs is 13. The second-order valence-corrected chi connectivity index (χ2v) is 14.7. The van der Waals surface area contributed by atoms with E-state index in [0.29, 0.717) is 17.5 Å². The van der Waals surface area contributed by atoms with Gasteiger partial charge in [-0.1, -0.05) is 158 Å². The summed E-state index contributed by atoms with van der Waals surface area (Å²) >= 11 is 0. The number of rotatable bonds is 4. The van der Waals surface area contributed by atoms with Gasteiger partial charge in [0, 0.05) is 33.2 Å². The molecule has 2 aliphatic carbocycles. The van der Waals surface area contributed by atoms with Crippen LogP contribution in [0.15, 0.2) is 194 Å². The Morgan fingerprint density at radius 3 is 1.54 bits per heavy atom. The van der Waals surface area contributed by atoms with E-state index in [4.69, 9.17) is 15.0 Å². The minimum absolute atomic E-state index is 0.534. The van der Waals surface area contributed by atoms with Crippen molar-refractivity contribution in [3.05, 3.63) is 216 Å². The highest BCUT2D eigenvalue weighted by Crippen LogP contribution is 2.64. The summed E-state index contributed by atoms with van der Waals surface area (Å²) in [5, 5.41) is 2.34. The molecule has 10 aromatic rings. The van der Waals surface area contributed by atoms with Gasteiger partial charge in [-0.25, -0.2) is 15.0 Å². The van der Waals surface area contributed by atoms with Crippen molar-refractivity contribution >= 4 is 21.8 Å². The Labute approximate surface area is 324 Å². The van der Waals surface area contributed by atoms with Gasteiger partial charge in [0.15, 0.2) is 17.5 Å². The monoisotopic (exact) mass is 712 g/mol. The molecule has 12 rings (SSSR count). The van der Waals surface area contributed by atoms with Crippen molar-refractivity contribution in [1.82, 2.24) is 19.5 Å². The van der Waals surface area contributed by atoms with E-state index in [1.54, 1.807) is 0 Å². The van der Waals surface area contributed by atoms with E-state index >= 15 is 0 Å². The van der Waals surface area contributed by atoms with E-state index in [1.165, 1.54) is 49.9 Å². The topological polar surface area (TPSA) is 43.6 Å². The second kappa shape index (κ2) is 11.8. The molecule has 0 saturated carbocycles. The number of hydrogen-bond acceptors (Lipinski definition) is 3. The Balaban J connectivity index is 1.14. The van der Waals surface area contributed by atoms with Crippen molar-refractivity contribution in [3.8, 4) is 62.1 Å². The van der Waals surface area contributed by atoms with Crippen molar-refractivity contribution in [2.75, 3.05) is 0 Å². The molecule has 4 nitrogen and oxygen atoms in total. The van der Waals surface area contributed by atoms with Crippen LogP contribution in [0.5, 0.6) is 0 Å². The first-order valence-electron chi connectivity index (χ1n) is 19.1. The lowest BCUT2D eigenvalue weighted by molar-refractivity contribution is 0.794. The maximum Gasteiger partial charge on any atom is 0.164 e. The first kappa shape index (κ1) is 31.0. The molecule has 0 radical (unpaired) electrons. The molecule has 2 aromatic heterocycles. The number of para-hydroxylation sites is 2. The largest absolute Gasteiger partial charge is 0.309 e. The summed E-state index contributed by atoms with van der Waals surface area (Å²) in [5.41, 5.74) is 15.9. The Bertz CT molecular complexity index is 3130. The van der Waals surface area contributed by atoms with Gasteiger partial charge in [-0.2, -0.15) is 0 Å². The zero-order chi connectivity index (χ0) is 36.8. The summed E-state index contributed by atoms with van der Waals surface area (Å²) in [7, 11) is 0. The lowest BCUT2D eigenvalue weighted by Crippen LogP contribution is -2.26. The zero-order valence-electron chi connectivity index (χ0n) is 30.3. The molecule has 4 heteroatoms. The molecule has 2 heterocycles. The smallest absolute Gasteiger partial charge is 0.164 e. The van der Waals surface area contributed by atoms with Crippen molar-refractivity contribution in [2.45, 2.75) is 5.41 Å². The summed E-state index contributed by atoms with van der Waals surface area (Å²) in [6.45, 7) is 0.